The summed E-state index contributed by atoms with van der Waals surface area (Å²) in [5.74, 6) is -0.419. The monoisotopic (exact) mass is 346 g/mol. The fourth-order valence-electron chi connectivity index (χ4n) is 2.46. The molecule has 0 unspecified atom stereocenters. The van der Waals surface area contributed by atoms with Crippen molar-refractivity contribution in [2.75, 3.05) is 12.4 Å². The van der Waals surface area contributed by atoms with Crippen molar-refractivity contribution in [3.63, 3.8) is 0 Å². The molecule has 0 saturated heterocycles. The van der Waals surface area contributed by atoms with Crippen LogP contribution in [-0.2, 0) is 6.54 Å². The Morgan fingerprint density at radius 1 is 1.00 bits per heavy atom. The number of nitrogens with zero attached hydrogens (tertiary/aromatic N) is 3. The molecule has 6 heteroatoms. The number of anilines is 1. The van der Waals surface area contributed by atoms with E-state index in [1.54, 1.807) is 60.7 Å². The molecule has 0 saturated carbocycles. The third-order valence-electron chi connectivity index (χ3n) is 3.76. The Labute approximate surface area is 151 Å². The Morgan fingerprint density at radius 2 is 1.85 bits per heavy atom. The molecule has 3 aromatic rings. The van der Waals surface area contributed by atoms with Gasteiger partial charge in [-0.1, -0.05) is 12.1 Å². The molecular weight excluding hydrogens is 328 g/mol. The van der Waals surface area contributed by atoms with Crippen molar-refractivity contribution in [1.82, 2.24) is 14.9 Å². The van der Waals surface area contributed by atoms with Gasteiger partial charge in [-0.15, -0.1) is 0 Å². The maximum Gasteiger partial charge on any atom is 0.257 e. The average Bonchev–Trinajstić information content (AvgIpc) is 2.69. The molecule has 0 spiro atoms. The molecule has 0 atom stereocenters. The van der Waals surface area contributed by atoms with Gasteiger partial charge in [-0.2, -0.15) is 0 Å². The summed E-state index contributed by atoms with van der Waals surface area (Å²) >= 11 is 0. The maximum absolute atomic E-state index is 12.6. The van der Waals surface area contributed by atoms with E-state index in [9.17, 15) is 9.59 Å². The van der Waals surface area contributed by atoms with Gasteiger partial charge in [0.2, 0.25) is 0 Å². The number of aromatic nitrogens is 2. The number of pyridine rings is 2. The zero-order valence-corrected chi connectivity index (χ0v) is 14.3. The highest BCUT2D eigenvalue weighted by atomic mass is 16.2. The number of nitrogens with one attached hydrogen (secondary N) is 1. The fraction of sp³-hybridized carbons (Fsp3) is 0.100. The summed E-state index contributed by atoms with van der Waals surface area (Å²) in [4.78, 5) is 34.6. The molecule has 0 aliphatic carbocycles. The average molecular weight is 346 g/mol. The van der Waals surface area contributed by atoms with Gasteiger partial charge in [0.05, 0.1) is 17.8 Å². The summed E-state index contributed by atoms with van der Waals surface area (Å²) in [5, 5.41) is 2.78. The third kappa shape index (κ3) is 4.30. The first-order chi connectivity index (χ1) is 12.6. The molecule has 1 aromatic carbocycles. The maximum atomic E-state index is 12.6. The fourth-order valence-corrected chi connectivity index (χ4v) is 2.46. The largest absolute Gasteiger partial charge is 0.336 e. The minimum Gasteiger partial charge on any atom is -0.336 e. The van der Waals surface area contributed by atoms with Crippen molar-refractivity contribution < 1.29 is 9.59 Å². The van der Waals surface area contributed by atoms with E-state index in [-0.39, 0.29) is 11.8 Å². The second-order valence-electron chi connectivity index (χ2n) is 5.76. The van der Waals surface area contributed by atoms with Crippen LogP contribution in [0.5, 0.6) is 0 Å². The smallest absolute Gasteiger partial charge is 0.257 e. The van der Waals surface area contributed by atoms with Gasteiger partial charge in [0.25, 0.3) is 11.8 Å². The van der Waals surface area contributed by atoms with E-state index in [0.29, 0.717) is 23.4 Å². The van der Waals surface area contributed by atoms with Crippen LogP contribution in [0, 0.1) is 0 Å². The summed E-state index contributed by atoms with van der Waals surface area (Å²) < 4.78 is 0. The van der Waals surface area contributed by atoms with E-state index < -0.39 is 0 Å². The quantitative estimate of drug-likeness (QED) is 0.770. The molecular formula is C20H18N4O2. The Hall–Kier alpha value is -3.54. The third-order valence-corrected chi connectivity index (χ3v) is 3.76. The first-order valence-electron chi connectivity index (χ1n) is 8.10. The van der Waals surface area contributed by atoms with Crippen LogP contribution in [0.15, 0.2) is 73.2 Å². The second kappa shape index (κ2) is 8.02. The minimum atomic E-state index is -0.274. The Morgan fingerprint density at radius 3 is 2.58 bits per heavy atom. The first kappa shape index (κ1) is 17.3. The number of amides is 2. The predicted molar refractivity (Wildman–Crippen MR) is 98.7 cm³/mol. The van der Waals surface area contributed by atoms with E-state index in [4.69, 9.17) is 0 Å². The van der Waals surface area contributed by atoms with Crippen molar-refractivity contribution in [2.45, 2.75) is 6.54 Å². The molecule has 130 valence electrons. The van der Waals surface area contributed by atoms with Crippen molar-refractivity contribution in [2.24, 2.45) is 0 Å². The van der Waals surface area contributed by atoms with E-state index in [2.05, 4.69) is 15.3 Å². The predicted octanol–water partition coefficient (Wildman–Crippen LogP) is 3.00. The topological polar surface area (TPSA) is 75.2 Å². The molecule has 6 nitrogen and oxygen atoms in total. The number of rotatable bonds is 5. The second-order valence-corrected chi connectivity index (χ2v) is 5.76. The molecule has 0 fully saturated rings. The molecule has 2 heterocycles. The van der Waals surface area contributed by atoms with Gasteiger partial charge < -0.3 is 10.2 Å². The lowest BCUT2D eigenvalue weighted by Gasteiger charge is -2.17. The molecule has 26 heavy (non-hydrogen) atoms. The molecule has 0 bridgehead atoms. The zero-order valence-electron chi connectivity index (χ0n) is 14.3. The van der Waals surface area contributed by atoms with Gasteiger partial charge >= 0.3 is 0 Å². The van der Waals surface area contributed by atoms with E-state index in [1.165, 1.54) is 6.20 Å². The van der Waals surface area contributed by atoms with Crippen LogP contribution in [-0.4, -0.2) is 33.7 Å². The van der Waals surface area contributed by atoms with Crippen molar-refractivity contribution >= 4 is 17.5 Å². The van der Waals surface area contributed by atoms with Crippen LogP contribution in [0.1, 0.15) is 26.4 Å². The minimum absolute atomic E-state index is 0.145. The SMILES string of the molecule is CN(Cc1ccccn1)C(=O)c1cccc(NC(=O)c2cccnc2)c1. The van der Waals surface area contributed by atoms with Gasteiger partial charge in [0.15, 0.2) is 0 Å². The van der Waals surface area contributed by atoms with Crippen LogP contribution in [0.25, 0.3) is 0 Å². The highest BCUT2D eigenvalue weighted by molar-refractivity contribution is 6.04. The van der Waals surface area contributed by atoms with E-state index >= 15 is 0 Å². The van der Waals surface area contributed by atoms with Gasteiger partial charge in [-0.25, -0.2) is 0 Å². The van der Waals surface area contributed by atoms with Crippen LogP contribution in [0.4, 0.5) is 5.69 Å². The number of benzene rings is 1. The van der Waals surface area contributed by atoms with Gasteiger partial charge in [-0.05, 0) is 42.5 Å². The van der Waals surface area contributed by atoms with Crippen molar-refractivity contribution in [3.8, 4) is 0 Å². The molecule has 3 rings (SSSR count). The van der Waals surface area contributed by atoms with E-state index in [1.807, 2.05) is 18.2 Å². The molecule has 1 N–H and O–H groups in total. The van der Waals surface area contributed by atoms with Crippen LogP contribution in [0.3, 0.4) is 0 Å². The number of hydrogen-bond donors (Lipinski definition) is 1. The van der Waals surface area contributed by atoms with Crippen LogP contribution in [0.2, 0.25) is 0 Å². The summed E-state index contributed by atoms with van der Waals surface area (Å²) in [6.45, 7) is 0.409. The van der Waals surface area contributed by atoms with Crippen molar-refractivity contribution in [3.05, 3.63) is 90.0 Å². The van der Waals surface area contributed by atoms with E-state index in [0.717, 1.165) is 5.69 Å². The van der Waals surface area contributed by atoms with Crippen molar-refractivity contribution in [1.29, 1.82) is 0 Å². The van der Waals surface area contributed by atoms with Gasteiger partial charge in [-0.3, -0.25) is 19.6 Å². The molecule has 0 radical (unpaired) electrons. The zero-order chi connectivity index (χ0) is 18.4. The molecule has 0 aliphatic heterocycles. The molecule has 2 amide bonds. The lowest BCUT2D eigenvalue weighted by Crippen LogP contribution is -2.26. The van der Waals surface area contributed by atoms with Gasteiger partial charge in [0.1, 0.15) is 0 Å². The summed E-state index contributed by atoms with van der Waals surface area (Å²) in [7, 11) is 1.72. The normalized spacial score (nSPS) is 10.2. The summed E-state index contributed by atoms with van der Waals surface area (Å²) in [5.41, 5.74) is 2.31. The Kier molecular flexibility index (Phi) is 5.34. The standard InChI is InChI=1S/C20H18N4O2/c1-24(14-18-8-2-3-11-22-18)20(26)15-6-4-9-17(12-15)23-19(25)16-7-5-10-21-13-16/h2-13H,14H2,1H3,(H,23,25). The van der Waals surface area contributed by atoms with Gasteiger partial charge in [0, 0.05) is 36.9 Å². The highest BCUT2D eigenvalue weighted by Gasteiger charge is 2.14. The lowest BCUT2D eigenvalue weighted by molar-refractivity contribution is 0.0783. The number of hydrogen-bond acceptors (Lipinski definition) is 4. The Bertz CT molecular complexity index is 898. The summed E-state index contributed by atoms with van der Waals surface area (Å²) in [6.07, 6.45) is 4.79. The summed E-state index contributed by atoms with van der Waals surface area (Å²) in [6, 6.07) is 15.8. The Balaban J connectivity index is 1.70. The molecule has 2 aromatic heterocycles. The van der Waals surface area contributed by atoms with Crippen LogP contribution < -0.4 is 5.32 Å². The number of carbonyl (C=O) groups excluding carboxylic acids is 2. The first-order valence-corrected chi connectivity index (χ1v) is 8.10. The molecule has 0 aliphatic rings. The lowest BCUT2D eigenvalue weighted by atomic mass is 10.1. The van der Waals surface area contributed by atoms with Crippen LogP contribution >= 0.6 is 0 Å². The number of carbonyl (C=O) groups is 2. The highest BCUT2D eigenvalue weighted by Crippen LogP contribution is 2.14.